The zero-order chi connectivity index (χ0) is 19.6. The lowest BCUT2D eigenvalue weighted by Gasteiger charge is -2.13. The van der Waals surface area contributed by atoms with Gasteiger partial charge in [0.1, 0.15) is 17.7 Å². The van der Waals surface area contributed by atoms with Crippen LogP contribution in [0.1, 0.15) is 11.1 Å². The number of allylic oxidation sites excluding steroid dienone is 1. The van der Waals surface area contributed by atoms with Crippen molar-refractivity contribution in [1.82, 2.24) is 5.32 Å². The van der Waals surface area contributed by atoms with Crippen LogP contribution in [0.3, 0.4) is 0 Å². The number of hydrogen-bond donors (Lipinski definition) is 1. The van der Waals surface area contributed by atoms with Crippen LogP contribution in [0.25, 0.3) is 6.08 Å². The molecule has 0 bridgehead atoms. The standard InChI is InChI=1S/C20H16BrN3O3/c1-26-18-8-16(7-15(10-22)11-23)17(21)9-19(18)27-13-20(25)24-12-14-5-3-2-4-6-14/h2-9H,12-13H2,1H3,(H,24,25). The van der Waals surface area contributed by atoms with Gasteiger partial charge in [-0.2, -0.15) is 10.5 Å². The van der Waals surface area contributed by atoms with Gasteiger partial charge in [-0.3, -0.25) is 4.79 Å². The van der Waals surface area contributed by atoms with Gasteiger partial charge in [0.25, 0.3) is 5.91 Å². The second-order valence-electron chi connectivity index (χ2n) is 5.36. The summed E-state index contributed by atoms with van der Waals surface area (Å²) >= 11 is 3.37. The van der Waals surface area contributed by atoms with Crippen molar-refractivity contribution in [2.24, 2.45) is 0 Å². The number of hydrogen-bond acceptors (Lipinski definition) is 5. The second-order valence-corrected chi connectivity index (χ2v) is 6.21. The SMILES string of the molecule is COc1cc(C=C(C#N)C#N)c(Br)cc1OCC(=O)NCc1ccccc1. The molecule has 0 aliphatic carbocycles. The summed E-state index contributed by atoms with van der Waals surface area (Å²) in [4.78, 5) is 12.0. The largest absolute Gasteiger partial charge is 0.493 e. The Hall–Kier alpha value is -3.29. The van der Waals surface area contributed by atoms with E-state index in [0.717, 1.165) is 5.56 Å². The summed E-state index contributed by atoms with van der Waals surface area (Å²) in [7, 11) is 1.47. The van der Waals surface area contributed by atoms with Gasteiger partial charge in [-0.1, -0.05) is 46.3 Å². The molecule has 7 heteroatoms. The zero-order valence-electron chi connectivity index (χ0n) is 14.5. The molecule has 0 saturated carbocycles. The van der Waals surface area contributed by atoms with E-state index in [4.69, 9.17) is 20.0 Å². The van der Waals surface area contributed by atoms with Crippen LogP contribution in [0.15, 0.2) is 52.5 Å². The third-order valence-electron chi connectivity index (χ3n) is 3.51. The maximum absolute atomic E-state index is 12.0. The van der Waals surface area contributed by atoms with Crippen LogP contribution in [0, 0.1) is 22.7 Å². The summed E-state index contributed by atoms with van der Waals surface area (Å²) in [6, 6.07) is 16.4. The zero-order valence-corrected chi connectivity index (χ0v) is 16.1. The molecule has 0 spiro atoms. The average Bonchev–Trinajstić information content (AvgIpc) is 2.70. The Morgan fingerprint density at radius 3 is 2.52 bits per heavy atom. The Balaban J connectivity index is 2.05. The molecule has 2 aromatic rings. The van der Waals surface area contributed by atoms with Gasteiger partial charge in [0.05, 0.1) is 7.11 Å². The first kappa shape index (κ1) is 20.0. The van der Waals surface area contributed by atoms with Gasteiger partial charge in [-0.15, -0.1) is 0 Å². The van der Waals surface area contributed by atoms with Crippen molar-refractivity contribution >= 4 is 27.9 Å². The molecule has 2 rings (SSSR count). The predicted octanol–water partition coefficient (Wildman–Crippen LogP) is 3.58. The van der Waals surface area contributed by atoms with Crippen LogP contribution in [-0.4, -0.2) is 19.6 Å². The summed E-state index contributed by atoms with van der Waals surface area (Å²) in [5.74, 6) is 0.486. The Labute approximate surface area is 165 Å². The molecule has 27 heavy (non-hydrogen) atoms. The van der Waals surface area contributed by atoms with Crippen molar-refractivity contribution in [2.45, 2.75) is 6.54 Å². The first-order valence-electron chi connectivity index (χ1n) is 7.90. The summed E-state index contributed by atoms with van der Waals surface area (Å²) in [6.07, 6.45) is 1.43. The third kappa shape index (κ3) is 5.88. The molecule has 0 radical (unpaired) electrons. The number of carbonyl (C=O) groups is 1. The average molecular weight is 426 g/mol. The number of rotatable bonds is 7. The number of halogens is 1. The molecule has 1 amide bonds. The van der Waals surface area contributed by atoms with E-state index < -0.39 is 0 Å². The molecule has 1 N–H and O–H groups in total. The fraction of sp³-hybridized carbons (Fsp3) is 0.150. The minimum absolute atomic E-state index is 0.0355. The number of benzene rings is 2. The number of ether oxygens (including phenoxy) is 2. The molecule has 0 aromatic heterocycles. The van der Waals surface area contributed by atoms with Gasteiger partial charge in [0, 0.05) is 11.0 Å². The highest BCUT2D eigenvalue weighted by Gasteiger charge is 2.12. The number of methoxy groups -OCH3 is 1. The highest BCUT2D eigenvalue weighted by Crippen LogP contribution is 2.34. The monoisotopic (exact) mass is 425 g/mol. The lowest BCUT2D eigenvalue weighted by molar-refractivity contribution is -0.123. The molecule has 0 saturated heterocycles. The van der Waals surface area contributed by atoms with Crippen molar-refractivity contribution in [1.29, 1.82) is 10.5 Å². The lowest BCUT2D eigenvalue weighted by Crippen LogP contribution is -2.28. The highest BCUT2D eigenvalue weighted by atomic mass is 79.9. The lowest BCUT2D eigenvalue weighted by atomic mass is 10.1. The Morgan fingerprint density at radius 2 is 1.89 bits per heavy atom. The van der Waals surface area contributed by atoms with E-state index in [2.05, 4.69) is 21.2 Å². The Morgan fingerprint density at radius 1 is 1.19 bits per heavy atom. The van der Waals surface area contributed by atoms with Crippen LogP contribution in [0.5, 0.6) is 11.5 Å². The van der Waals surface area contributed by atoms with Gasteiger partial charge in [-0.25, -0.2) is 0 Å². The smallest absolute Gasteiger partial charge is 0.258 e. The van der Waals surface area contributed by atoms with Crippen LogP contribution >= 0.6 is 15.9 Å². The summed E-state index contributed by atoms with van der Waals surface area (Å²) in [5, 5.41) is 20.5. The van der Waals surface area contributed by atoms with Crippen LogP contribution in [-0.2, 0) is 11.3 Å². The number of nitrogens with zero attached hydrogens (tertiary/aromatic N) is 2. The number of nitrogens with one attached hydrogen (secondary N) is 1. The van der Waals surface area contributed by atoms with Crippen molar-refractivity contribution in [2.75, 3.05) is 13.7 Å². The molecule has 0 atom stereocenters. The molecule has 0 heterocycles. The molecule has 136 valence electrons. The van der Waals surface area contributed by atoms with E-state index in [1.54, 1.807) is 24.3 Å². The van der Waals surface area contributed by atoms with Gasteiger partial charge in [0.15, 0.2) is 18.1 Å². The Bertz CT molecular complexity index is 912. The summed E-state index contributed by atoms with van der Waals surface area (Å²) < 4.78 is 11.4. The van der Waals surface area contributed by atoms with E-state index >= 15 is 0 Å². The van der Waals surface area contributed by atoms with E-state index in [1.807, 2.05) is 30.3 Å². The molecule has 0 fully saturated rings. The summed E-state index contributed by atoms with van der Waals surface area (Å²) in [5.41, 5.74) is 1.55. The van der Waals surface area contributed by atoms with E-state index in [9.17, 15) is 4.79 Å². The van der Waals surface area contributed by atoms with Gasteiger partial charge < -0.3 is 14.8 Å². The Kier molecular flexibility index (Phi) is 7.42. The molecule has 6 nitrogen and oxygen atoms in total. The fourth-order valence-electron chi connectivity index (χ4n) is 2.17. The topological polar surface area (TPSA) is 95.1 Å². The van der Waals surface area contributed by atoms with Gasteiger partial charge >= 0.3 is 0 Å². The van der Waals surface area contributed by atoms with Crippen LogP contribution in [0.4, 0.5) is 0 Å². The number of nitriles is 2. The van der Waals surface area contributed by atoms with E-state index in [-0.39, 0.29) is 18.1 Å². The molecular weight excluding hydrogens is 410 g/mol. The molecule has 0 aliphatic rings. The van der Waals surface area contributed by atoms with Crippen LogP contribution in [0.2, 0.25) is 0 Å². The van der Waals surface area contributed by atoms with Crippen molar-refractivity contribution in [3.8, 4) is 23.6 Å². The maximum atomic E-state index is 12.0. The minimum atomic E-state index is -0.266. The third-order valence-corrected chi connectivity index (χ3v) is 4.20. The van der Waals surface area contributed by atoms with Crippen LogP contribution < -0.4 is 14.8 Å². The van der Waals surface area contributed by atoms with Gasteiger partial charge in [-0.05, 0) is 29.3 Å². The van der Waals surface area contributed by atoms with Crippen molar-refractivity contribution in [3.05, 3.63) is 63.6 Å². The second kappa shape index (κ2) is 10.0. The first-order valence-corrected chi connectivity index (χ1v) is 8.69. The number of carbonyl (C=O) groups excluding carboxylic acids is 1. The first-order chi connectivity index (χ1) is 13.1. The molecule has 2 aromatic carbocycles. The summed E-state index contributed by atoms with van der Waals surface area (Å²) in [6.45, 7) is 0.241. The van der Waals surface area contributed by atoms with Crippen molar-refractivity contribution in [3.63, 3.8) is 0 Å². The minimum Gasteiger partial charge on any atom is -0.493 e. The molecular formula is C20H16BrN3O3. The highest BCUT2D eigenvalue weighted by molar-refractivity contribution is 9.10. The van der Waals surface area contributed by atoms with E-state index in [1.165, 1.54) is 13.2 Å². The van der Waals surface area contributed by atoms with Crippen molar-refractivity contribution < 1.29 is 14.3 Å². The molecule has 0 aliphatic heterocycles. The normalized spacial score (nSPS) is 9.48. The predicted molar refractivity (Wildman–Crippen MR) is 104 cm³/mol. The fourth-order valence-corrected chi connectivity index (χ4v) is 2.61. The molecule has 0 unspecified atom stereocenters. The maximum Gasteiger partial charge on any atom is 0.258 e. The quantitative estimate of drug-likeness (QED) is 0.683. The van der Waals surface area contributed by atoms with E-state index in [0.29, 0.717) is 28.1 Å². The number of amides is 1. The van der Waals surface area contributed by atoms with Gasteiger partial charge in [0.2, 0.25) is 0 Å².